The maximum Gasteiger partial charge on any atom is 0.158 e. The Morgan fingerprint density at radius 2 is 2.15 bits per heavy atom. The lowest BCUT2D eigenvalue weighted by Crippen LogP contribution is -2.21. The molecule has 0 spiro atoms. The Labute approximate surface area is 129 Å². The minimum atomic E-state index is 0.717. The minimum Gasteiger partial charge on any atom is -0.316 e. The standard InChI is InChI=1S/C15H23N3S2/c1-4-12-7-9-19-14(12)15-18-17-13(20-15)6-5-8-16-10-11(2)3/h7,9,11,16H,4-6,8,10H2,1-3H3. The van der Waals surface area contributed by atoms with Gasteiger partial charge in [-0.2, -0.15) is 0 Å². The molecule has 2 heterocycles. The lowest BCUT2D eigenvalue weighted by molar-refractivity contribution is 0.542. The number of aromatic nitrogens is 2. The highest BCUT2D eigenvalue weighted by atomic mass is 32.1. The zero-order valence-electron chi connectivity index (χ0n) is 12.5. The molecule has 0 aliphatic carbocycles. The summed E-state index contributed by atoms with van der Waals surface area (Å²) in [6, 6.07) is 2.19. The van der Waals surface area contributed by atoms with Crippen LogP contribution in [-0.2, 0) is 12.8 Å². The average Bonchev–Trinajstić information content (AvgIpc) is 3.05. The predicted octanol–water partition coefficient (Wildman–Crippen LogP) is 4.01. The van der Waals surface area contributed by atoms with E-state index in [-0.39, 0.29) is 0 Å². The summed E-state index contributed by atoms with van der Waals surface area (Å²) in [6.45, 7) is 8.81. The number of thiophene rings is 1. The molecule has 5 heteroatoms. The van der Waals surface area contributed by atoms with Crippen molar-refractivity contribution in [3.05, 3.63) is 22.0 Å². The fourth-order valence-corrected chi connectivity index (χ4v) is 4.00. The summed E-state index contributed by atoms with van der Waals surface area (Å²) in [5.74, 6) is 0.717. The van der Waals surface area contributed by atoms with Crippen LogP contribution in [0.2, 0.25) is 0 Å². The lowest BCUT2D eigenvalue weighted by atomic mass is 10.2. The average molecular weight is 310 g/mol. The molecule has 0 saturated heterocycles. The van der Waals surface area contributed by atoms with E-state index in [2.05, 4.69) is 47.7 Å². The molecule has 0 bridgehead atoms. The first-order valence-corrected chi connectivity index (χ1v) is 9.00. The monoisotopic (exact) mass is 309 g/mol. The van der Waals surface area contributed by atoms with E-state index in [0.717, 1.165) is 48.3 Å². The van der Waals surface area contributed by atoms with Crippen LogP contribution in [0.15, 0.2) is 11.4 Å². The maximum atomic E-state index is 4.35. The van der Waals surface area contributed by atoms with Gasteiger partial charge < -0.3 is 5.32 Å². The number of hydrogen-bond acceptors (Lipinski definition) is 5. The summed E-state index contributed by atoms with van der Waals surface area (Å²) in [5, 5.41) is 16.5. The van der Waals surface area contributed by atoms with Crippen molar-refractivity contribution < 1.29 is 0 Å². The predicted molar refractivity (Wildman–Crippen MR) is 88.6 cm³/mol. The minimum absolute atomic E-state index is 0.717. The number of nitrogens with one attached hydrogen (secondary N) is 1. The zero-order chi connectivity index (χ0) is 14.4. The van der Waals surface area contributed by atoms with E-state index in [4.69, 9.17) is 0 Å². The van der Waals surface area contributed by atoms with Crippen LogP contribution in [0.25, 0.3) is 9.88 Å². The number of nitrogens with zero attached hydrogens (tertiary/aromatic N) is 2. The molecular formula is C15H23N3S2. The van der Waals surface area contributed by atoms with Crippen molar-refractivity contribution in [2.45, 2.75) is 40.0 Å². The Bertz CT molecular complexity index is 517. The lowest BCUT2D eigenvalue weighted by Gasteiger charge is -2.05. The van der Waals surface area contributed by atoms with Crippen LogP contribution in [0.3, 0.4) is 0 Å². The quantitative estimate of drug-likeness (QED) is 0.749. The van der Waals surface area contributed by atoms with Gasteiger partial charge in [0.15, 0.2) is 5.01 Å². The van der Waals surface area contributed by atoms with Crippen molar-refractivity contribution in [1.29, 1.82) is 0 Å². The van der Waals surface area contributed by atoms with Gasteiger partial charge in [0.25, 0.3) is 0 Å². The molecule has 110 valence electrons. The highest BCUT2D eigenvalue weighted by molar-refractivity contribution is 7.20. The third-order valence-corrected chi connectivity index (χ3v) is 5.18. The van der Waals surface area contributed by atoms with E-state index in [1.807, 2.05) is 0 Å². The first-order valence-electron chi connectivity index (χ1n) is 7.30. The van der Waals surface area contributed by atoms with Crippen molar-refractivity contribution in [3.8, 4) is 9.88 Å². The second kappa shape index (κ2) is 7.86. The second-order valence-electron chi connectivity index (χ2n) is 5.33. The molecule has 0 fully saturated rings. The van der Waals surface area contributed by atoms with E-state index in [0.29, 0.717) is 0 Å². The molecule has 0 aromatic carbocycles. The summed E-state index contributed by atoms with van der Waals surface area (Å²) in [5.41, 5.74) is 1.39. The van der Waals surface area contributed by atoms with E-state index >= 15 is 0 Å². The SMILES string of the molecule is CCc1ccsc1-c1nnc(CCCNCC(C)C)s1. The van der Waals surface area contributed by atoms with Crippen molar-refractivity contribution >= 4 is 22.7 Å². The van der Waals surface area contributed by atoms with Crippen LogP contribution in [0, 0.1) is 5.92 Å². The molecule has 0 aliphatic rings. The molecule has 0 amide bonds. The van der Waals surface area contributed by atoms with E-state index in [1.54, 1.807) is 22.7 Å². The van der Waals surface area contributed by atoms with Gasteiger partial charge in [0.1, 0.15) is 5.01 Å². The van der Waals surface area contributed by atoms with Crippen LogP contribution < -0.4 is 5.32 Å². The van der Waals surface area contributed by atoms with Gasteiger partial charge in [-0.15, -0.1) is 21.5 Å². The van der Waals surface area contributed by atoms with Gasteiger partial charge in [-0.25, -0.2) is 0 Å². The normalized spacial score (nSPS) is 11.4. The fourth-order valence-electron chi connectivity index (χ4n) is 2.00. The first-order chi connectivity index (χ1) is 9.70. The Morgan fingerprint density at radius 3 is 2.90 bits per heavy atom. The van der Waals surface area contributed by atoms with Gasteiger partial charge in [-0.1, -0.05) is 32.1 Å². The van der Waals surface area contributed by atoms with Crippen LogP contribution >= 0.6 is 22.7 Å². The smallest absolute Gasteiger partial charge is 0.158 e. The highest BCUT2D eigenvalue weighted by Crippen LogP contribution is 2.32. The summed E-state index contributed by atoms with van der Waals surface area (Å²) < 4.78 is 0. The van der Waals surface area contributed by atoms with E-state index < -0.39 is 0 Å². The van der Waals surface area contributed by atoms with Crippen LogP contribution in [0.1, 0.15) is 37.8 Å². The number of aryl methyl sites for hydroxylation is 2. The Balaban J connectivity index is 1.83. The molecule has 0 atom stereocenters. The largest absolute Gasteiger partial charge is 0.316 e. The van der Waals surface area contributed by atoms with Crippen molar-refractivity contribution in [2.75, 3.05) is 13.1 Å². The van der Waals surface area contributed by atoms with E-state index in [1.165, 1.54) is 10.4 Å². The van der Waals surface area contributed by atoms with Gasteiger partial charge in [0.2, 0.25) is 0 Å². The Hall–Kier alpha value is -0.780. The molecule has 0 saturated carbocycles. The summed E-state index contributed by atoms with van der Waals surface area (Å²) >= 11 is 3.52. The Kier molecular flexibility index (Phi) is 6.13. The third-order valence-electron chi connectivity index (χ3n) is 3.09. The fraction of sp³-hybridized carbons (Fsp3) is 0.600. The molecule has 3 nitrogen and oxygen atoms in total. The summed E-state index contributed by atoms with van der Waals surface area (Å²) in [4.78, 5) is 1.30. The van der Waals surface area contributed by atoms with E-state index in [9.17, 15) is 0 Å². The van der Waals surface area contributed by atoms with Crippen molar-refractivity contribution in [1.82, 2.24) is 15.5 Å². The van der Waals surface area contributed by atoms with Crippen molar-refractivity contribution in [2.24, 2.45) is 5.92 Å². The van der Waals surface area contributed by atoms with Crippen LogP contribution in [0.4, 0.5) is 0 Å². The van der Waals surface area contributed by atoms with Crippen LogP contribution in [-0.4, -0.2) is 23.3 Å². The molecule has 0 radical (unpaired) electrons. The highest BCUT2D eigenvalue weighted by Gasteiger charge is 2.11. The van der Waals surface area contributed by atoms with Gasteiger partial charge in [0, 0.05) is 6.42 Å². The third kappa shape index (κ3) is 4.36. The van der Waals surface area contributed by atoms with Gasteiger partial charge in [-0.05, 0) is 48.9 Å². The number of rotatable bonds is 8. The number of hydrogen-bond donors (Lipinski definition) is 1. The van der Waals surface area contributed by atoms with Crippen LogP contribution in [0.5, 0.6) is 0 Å². The topological polar surface area (TPSA) is 37.8 Å². The molecule has 1 N–H and O–H groups in total. The zero-order valence-corrected chi connectivity index (χ0v) is 14.1. The molecule has 20 heavy (non-hydrogen) atoms. The molecule has 0 unspecified atom stereocenters. The maximum absolute atomic E-state index is 4.35. The first kappa shape index (κ1) is 15.6. The Morgan fingerprint density at radius 1 is 1.30 bits per heavy atom. The molecular weight excluding hydrogens is 286 g/mol. The molecule has 2 aromatic rings. The van der Waals surface area contributed by atoms with Crippen molar-refractivity contribution in [3.63, 3.8) is 0 Å². The second-order valence-corrected chi connectivity index (χ2v) is 7.31. The molecule has 2 rings (SSSR count). The molecule has 2 aromatic heterocycles. The molecule has 0 aliphatic heterocycles. The van der Waals surface area contributed by atoms with Gasteiger partial charge in [-0.3, -0.25) is 0 Å². The van der Waals surface area contributed by atoms with Gasteiger partial charge >= 0.3 is 0 Å². The summed E-state index contributed by atoms with van der Waals surface area (Å²) in [7, 11) is 0. The summed E-state index contributed by atoms with van der Waals surface area (Å²) in [6.07, 6.45) is 3.22. The van der Waals surface area contributed by atoms with Gasteiger partial charge in [0.05, 0.1) is 4.88 Å².